The summed E-state index contributed by atoms with van der Waals surface area (Å²) in [5.41, 5.74) is 0. The van der Waals surface area contributed by atoms with Crippen molar-refractivity contribution in [3.05, 3.63) is 0 Å². The molecule has 0 amide bonds. The smallest absolute Gasteiger partial charge is 0.163 e. The second-order valence-electron chi connectivity index (χ2n) is 1.52. The first kappa shape index (κ1) is 9.91. The van der Waals surface area contributed by atoms with E-state index in [1.54, 1.807) is 6.92 Å². The molecule has 0 rings (SSSR count). The molecule has 0 saturated heterocycles. The Morgan fingerprint density at radius 3 is 2.11 bits per heavy atom. The number of rotatable bonds is 3. The summed E-state index contributed by atoms with van der Waals surface area (Å²) in [5.74, 6) is 0.189. The average Bonchev–Trinajstić information content (AvgIpc) is 1.86. The fourth-order valence-electron chi connectivity index (χ4n) is 0.277. The van der Waals surface area contributed by atoms with Crippen molar-refractivity contribution in [1.29, 1.82) is 0 Å². The third kappa shape index (κ3) is 3.00. The Morgan fingerprint density at radius 1 is 1.56 bits per heavy atom. The van der Waals surface area contributed by atoms with Gasteiger partial charge in [-0.3, -0.25) is 0 Å². The first-order chi connectivity index (χ1) is 4.04. The lowest BCUT2D eigenvalue weighted by molar-refractivity contribution is 0.597. The minimum absolute atomic E-state index is 0.189. The van der Waals surface area contributed by atoms with Crippen LogP contribution in [-0.2, 0) is 9.84 Å². The minimum Gasteiger partial charge on any atom is -0.228 e. The monoisotopic (exact) mass is 278 g/mol. The molecule has 0 radical (unpaired) electrons. The van der Waals surface area contributed by atoms with Crippen LogP contribution in [0.2, 0.25) is 0 Å². The van der Waals surface area contributed by atoms with Gasteiger partial charge in [0.1, 0.15) is 4.16 Å². The van der Waals surface area contributed by atoms with E-state index in [1.807, 2.05) is 0 Å². The van der Waals surface area contributed by atoms with Crippen LogP contribution in [0.5, 0.6) is 0 Å². The highest BCUT2D eigenvalue weighted by Gasteiger charge is 2.17. The van der Waals surface area contributed by atoms with E-state index in [-0.39, 0.29) is 5.75 Å². The van der Waals surface area contributed by atoms with Gasteiger partial charge in [0.05, 0.1) is 0 Å². The van der Waals surface area contributed by atoms with Crippen molar-refractivity contribution in [2.75, 3.05) is 11.1 Å². The number of halogens is 2. The van der Waals surface area contributed by atoms with Gasteiger partial charge in [0.2, 0.25) is 0 Å². The molecule has 0 unspecified atom stereocenters. The molecule has 0 heterocycles. The van der Waals surface area contributed by atoms with Crippen LogP contribution in [0.4, 0.5) is 0 Å². The van der Waals surface area contributed by atoms with Crippen LogP contribution in [0.25, 0.3) is 0 Å². The van der Waals surface area contributed by atoms with E-state index in [1.165, 1.54) is 0 Å². The van der Waals surface area contributed by atoms with Crippen LogP contribution in [0.15, 0.2) is 0 Å². The first-order valence-corrected chi connectivity index (χ1v) is 6.21. The Balaban J connectivity index is 4.17. The quantitative estimate of drug-likeness (QED) is 0.735. The number of alkyl halides is 2. The van der Waals surface area contributed by atoms with Crippen LogP contribution in [0.3, 0.4) is 0 Å². The molecule has 0 aliphatic rings. The zero-order valence-electron chi connectivity index (χ0n) is 4.97. The molecule has 56 valence electrons. The van der Waals surface area contributed by atoms with E-state index in [0.717, 1.165) is 0 Å². The topological polar surface area (TPSA) is 34.1 Å². The molecule has 5 heteroatoms. The Hall–Kier alpha value is 0.910. The van der Waals surface area contributed by atoms with Crippen LogP contribution in [0, 0.1) is 0 Å². The number of sulfone groups is 1. The molecular weight excluding hydrogens is 272 g/mol. The largest absolute Gasteiger partial charge is 0.228 e. The minimum atomic E-state index is -2.88. The Labute approximate surface area is 72.2 Å². The van der Waals surface area contributed by atoms with Gasteiger partial charge in [-0.05, 0) is 0 Å². The Kier molecular flexibility index (Phi) is 4.33. The fraction of sp³-hybridized carbons (Fsp3) is 1.00. The molecule has 0 saturated carbocycles. The van der Waals surface area contributed by atoms with Gasteiger partial charge in [-0.2, -0.15) is 0 Å². The van der Waals surface area contributed by atoms with Crippen molar-refractivity contribution >= 4 is 41.7 Å². The van der Waals surface area contributed by atoms with Crippen molar-refractivity contribution in [2.45, 2.75) is 11.1 Å². The highest BCUT2D eigenvalue weighted by atomic mass is 79.9. The molecule has 9 heavy (non-hydrogen) atoms. The van der Waals surface area contributed by atoms with Crippen LogP contribution >= 0.6 is 31.9 Å². The van der Waals surface area contributed by atoms with E-state index >= 15 is 0 Å². The van der Waals surface area contributed by atoms with Crippen molar-refractivity contribution in [3.63, 3.8) is 0 Å². The molecule has 2 nitrogen and oxygen atoms in total. The van der Waals surface area contributed by atoms with Gasteiger partial charge >= 0.3 is 0 Å². The number of hydrogen-bond acceptors (Lipinski definition) is 2. The molecule has 0 aromatic carbocycles. The van der Waals surface area contributed by atoms with E-state index in [4.69, 9.17) is 0 Å². The standard InChI is InChI=1S/C4H8Br2O2S/c1-2-9(7,8)4(6)3-5/h4H,2-3H2,1H3/t4-/m1/s1. The van der Waals surface area contributed by atoms with E-state index in [2.05, 4.69) is 31.9 Å². The summed E-state index contributed by atoms with van der Waals surface area (Å²) in [6, 6.07) is 0. The van der Waals surface area contributed by atoms with Crippen molar-refractivity contribution < 1.29 is 8.42 Å². The maximum atomic E-state index is 10.9. The van der Waals surface area contributed by atoms with Gasteiger partial charge in [0, 0.05) is 11.1 Å². The zero-order valence-corrected chi connectivity index (χ0v) is 8.96. The van der Waals surface area contributed by atoms with Crippen LogP contribution in [-0.4, -0.2) is 23.7 Å². The van der Waals surface area contributed by atoms with E-state index in [9.17, 15) is 8.42 Å². The summed E-state index contributed by atoms with van der Waals surface area (Å²) in [6.07, 6.45) is 0. The van der Waals surface area contributed by atoms with Crippen LogP contribution < -0.4 is 0 Å². The first-order valence-electron chi connectivity index (χ1n) is 2.46. The van der Waals surface area contributed by atoms with Crippen molar-refractivity contribution in [1.82, 2.24) is 0 Å². The molecule has 0 aromatic rings. The molecule has 0 spiro atoms. The molecule has 1 atom stereocenters. The lowest BCUT2D eigenvalue weighted by Gasteiger charge is -2.03. The summed E-state index contributed by atoms with van der Waals surface area (Å²) >= 11 is 6.09. The molecule has 0 fully saturated rings. The van der Waals surface area contributed by atoms with Crippen LogP contribution in [0.1, 0.15) is 6.92 Å². The predicted octanol–water partition coefficient (Wildman–Crippen LogP) is 1.54. The second-order valence-corrected chi connectivity index (χ2v) is 6.35. The maximum Gasteiger partial charge on any atom is 0.163 e. The predicted molar refractivity (Wildman–Crippen MR) is 46.0 cm³/mol. The molecule has 0 aliphatic heterocycles. The van der Waals surface area contributed by atoms with Gasteiger partial charge in [-0.25, -0.2) is 8.42 Å². The highest BCUT2D eigenvalue weighted by Crippen LogP contribution is 2.12. The zero-order chi connectivity index (χ0) is 7.49. The lowest BCUT2D eigenvalue weighted by atomic mass is 11.0. The van der Waals surface area contributed by atoms with Crippen molar-refractivity contribution in [3.8, 4) is 0 Å². The van der Waals surface area contributed by atoms with Gasteiger partial charge in [-0.1, -0.05) is 38.8 Å². The van der Waals surface area contributed by atoms with Gasteiger partial charge in [-0.15, -0.1) is 0 Å². The summed E-state index contributed by atoms with van der Waals surface area (Å²) in [4.78, 5) is 0. The third-order valence-corrected chi connectivity index (χ3v) is 6.64. The normalized spacial score (nSPS) is 15.4. The summed E-state index contributed by atoms with van der Waals surface area (Å²) in [6.45, 7) is 1.63. The highest BCUT2D eigenvalue weighted by molar-refractivity contribution is 9.13. The molecule has 0 aromatic heterocycles. The molecule has 0 aliphatic carbocycles. The summed E-state index contributed by atoms with van der Waals surface area (Å²) in [5, 5.41) is 0.448. The number of hydrogen-bond donors (Lipinski definition) is 0. The maximum absolute atomic E-state index is 10.9. The Bertz CT molecular complexity index is 163. The van der Waals surface area contributed by atoms with Gasteiger partial charge < -0.3 is 0 Å². The van der Waals surface area contributed by atoms with E-state index < -0.39 is 14.0 Å². The summed E-state index contributed by atoms with van der Waals surface area (Å²) in [7, 11) is -2.88. The second kappa shape index (κ2) is 3.93. The fourth-order valence-corrected chi connectivity index (χ4v) is 2.83. The lowest BCUT2D eigenvalue weighted by Crippen LogP contribution is -2.17. The Morgan fingerprint density at radius 2 is 2.00 bits per heavy atom. The molecule has 0 N–H and O–H groups in total. The molecular formula is C4H8Br2O2S. The van der Waals surface area contributed by atoms with Crippen molar-refractivity contribution in [2.24, 2.45) is 0 Å². The average molecular weight is 280 g/mol. The molecule has 0 bridgehead atoms. The van der Waals surface area contributed by atoms with Gasteiger partial charge in [0.15, 0.2) is 9.84 Å². The third-order valence-electron chi connectivity index (χ3n) is 0.913. The van der Waals surface area contributed by atoms with E-state index in [0.29, 0.717) is 5.33 Å². The SMILES string of the molecule is CCS(=O)(=O)[C@@H](Br)CBr. The summed E-state index contributed by atoms with van der Waals surface area (Å²) < 4.78 is 21.3. The van der Waals surface area contributed by atoms with Gasteiger partial charge in [0.25, 0.3) is 0 Å².